The fourth-order valence-electron chi connectivity index (χ4n) is 3.87. The van der Waals surface area contributed by atoms with Crippen molar-refractivity contribution in [3.05, 3.63) is 100 Å². The van der Waals surface area contributed by atoms with E-state index in [1.807, 2.05) is 78.9 Å². The molecule has 0 aliphatic heterocycles. The number of benzene rings is 3. The first kappa shape index (κ1) is 25.1. The summed E-state index contributed by atoms with van der Waals surface area (Å²) >= 11 is 12.4. The van der Waals surface area contributed by atoms with Crippen molar-refractivity contribution in [1.82, 2.24) is 5.32 Å². The zero-order valence-corrected chi connectivity index (χ0v) is 20.2. The second-order valence-electron chi connectivity index (χ2n) is 8.46. The van der Waals surface area contributed by atoms with E-state index in [2.05, 4.69) is 10.6 Å². The smallest absolute Gasteiger partial charge is 0.319 e. The minimum absolute atomic E-state index is 0.195. The van der Waals surface area contributed by atoms with Crippen LogP contribution in [0, 0.1) is 0 Å². The monoisotopic (exact) mass is 483 g/mol. The highest BCUT2D eigenvalue weighted by molar-refractivity contribution is 6.31. The molecule has 0 heterocycles. The van der Waals surface area contributed by atoms with Crippen molar-refractivity contribution in [2.24, 2.45) is 5.73 Å². The number of halogens is 2. The number of anilines is 1. The van der Waals surface area contributed by atoms with Gasteiger partial charge in [-0.15, -0.1) is 0 Å². The van der Waals surface area contributed by atoms with Gasteiger partial charge in [0.2, 0.25) is 0 Å². The zero-order chi connectivity index (χ0) is 23.5. The summed E-state index contributed by atoms with van der Waals surface area (Å²) in [6.07, 6.45) is 5.02. The van der Waals surface area contributed by atoms with Crippen LogP contribution in [0.25, 0.3) is 0 Å². The maximum absolute atomic E-state index is 12.1. The van der Waals surface area contributed by atoms with E-state index in [0.717, 1.165) is 53.4 Å². The fraction of sp³-hybridized carbons (Fsp3) is 0.296. The average molecular weight is 484 g/mol. The van der Waals surface area contributed by atoms with Crippen LogP contribution in [0.4, 0.5) is 10.5 Å². The Labute approximate surface area is 206 Å². The number of carbonyl (C=O) groups is 1. The lowest BCUT2D eigenvalue weighted by molar-refractivity contribution is 0.251. The van der Waals surface area contributed by atoms with Crippen molar-refractivity contribution in [2.45, 2.75) is 44.1 Å². The third kappa shape index (κ3) is 8.73. The lowest BCUT2D eigenvalue weighted by Crippen LogP contribution is -2.43. The van der Waals surface area contributed by atoms with Crippen LogP contribution in [0.5, 0.6) is 0 Å². The van der Waals surface area contributed by atoms with E-state index in [1.165, 1.54) is 5.56 Å². The van der Waals surface area contributed by atoms with Crippen molar-refractivity contribution in [2.75, 3.05) is 11.9 Å². The minimum atomic E-state index is -0.392. The number of carbonyl (C=O) groups excluding carboxylic acids is 1. The number of unbranched alkanes of at least 4 members (excludes halogenated alkanes) is 1. The van der Waals surface area contributed by atoms with Gasteiger partial charge in [0.05, 0.1) is 0 Å². The Hall–Kier alpha value is -2.53. The standard InChI is InChI=1S/C27H31Cl2N3O/c28-23-14-12-21(13-15-23)16-18-27(30,20-22-8-4-5-11-25(22)29)17-6-7-19-31-26(33)32-24-9-2-1-3-10-24/h1-5,8-15H,6-7,16-20,30H2,(H2,31,32,33). The van der Waals surface area contributed by atoms with Crippen LogP contribution in [0.2, 0.25) is 10.0 Å². The van der Waals surface area contributed by atoms with Gasteiger partial charge in [0, 0.05) is 27.8 Å². The highest BCUT2D eigenvalue weighted by Gasteiger charge is 2.25. The molecule has 0 fully saturated rings. The van der Waals surface area contributed by atoms with Crippen LogP contribution in [-0.2, 0) is 12.8 Å². The molecule has 1 unspecified atom stereocenters. The first-order chi connectivity index (χ1) is 15.9. The van der Waals surface area contributed by atoms with Crippen molar-refractivity contribution in [1.29, 1.82) is 0 Å². The SMILES string of the molecule is NC(CCCCNC(=O)Nc1ccccc1)(CCc1ccc(Cl)cc1)Cc1ccccc1Cl. The highest BCUT2D eigenvalue weighted by Crippen LogP contribution is 2.27. The maximum Gasteiger partial charge on any atom is 0.319 e. The lowest BCUT2D eigenvalue weighted by atomic mass is 9.82. The molecule has 4 N–H and O–H groups in total. The van der Waals surface area contributed by atoms with E-state index in [0.29, 0.717) is 13.0 Å². The summed E-state index contributed by atoms with van der Waals surface area (Å²) in [5.74, 6) is 0. The van der Waals surface area contributed by atoms with Gasteiger partial charge in [0.1, 0.15) is 0 Å². The topological polar surface area (TPSA) is 67.1 Å². The molecule has 4 nitrogen and oxygen atoms in total. The van der Waals surface area contributed by atoms with Crippen LogP contribution in [0.1, 0.15) is 36.8 Å². The number of nitrogens with two attached hydrogens (primary N) is 1. The highest BCUT2D eigenvalue weighted by atomic mass is 35.5. The zero-order valence-electron chi connectivity index (χ0n) is 18.7. The van der Waals surface area contributed by atoms with E-state index in [9.17, 15) is 4.79 Å². The summed E-state index contributed by atoms with van der Waals surface area (Å²) in [6, 6.07) is 25.0. The number of nitrogens with one attached hydrogen (secondary N) is 2. The Balaban J connectivity index is 1.51. The van der Waals surface area contributed by atoms with E-state index < -0.39 is 5.54 Å². The normalized spacial score (nSPS) is 12.7. The van der Waals surface area contributed by atoms with Crippen LogP contribution in [0.15, 0.2) is 78.9 Å². The molecule has 1 atom stereocenters. The molecule has 0 saturated carbocycles. The summed E-state index contributed by atoms with van der Waals surface area (Å²) < 4.78 is 0. The second kappa shape index (κ2) is 12.6. The molecule has 33 heavy (non-hydrogen) atoms. The summed E-state index contributed by atoms with van der Waals surface area (Å²) in [7, 11) is 0. The summed E-state index contributed by atoms with van der Waals surface area (Å²) in [6.45, 7) is 0.595. The van der Waals surface area contributed by atoms with Gasteiger partial charge in [-0.1, -0.05) is 71.7 Å². The molecule has 0 spiro atoms. The molecular weight excluding hydrogens is 453 g/mol. The number of hydrogen-bond acceptors (Lipinski definition) is 2. The molecular formula is C27H31Cl2N3O. The maximum atomic E-state index is 12.1. The largest absolute Gasteiger partial charge is 0.338 e. The predicted octanol–water partition coefficient (Wildman–Crippen LogP) is 6.86. The number of para-hydroxylation sites is 1. The van der Waals surface area contributed by atoms with Crippen LogP contribution in [0.3, 0.4) is 0 Å². The molecule has 0 bridgehead atoms. The van der Waals surface area contributed by atoms with E-state index in [4.69, 9.17) is 28.9 Å². The summed E-state index contributed by atoms with van der Waals surface area (Å²) in [5.41, 5.74) is 9.60. The summed E-state index contributed by atoms with van der Waals surface area (Å²) in [4.78, 5) is 12.1. The van der Waals surface area contributed by atoms with Gasteiger partial charge in [-0.3, -0.25) is 0 Å². The van der Waals surface area contributed by atoms with Gasteiger partial charge in [-0.25, -0.2) is 4.79 Å². The van der Waals surface area contributed by atoms with E-state index in [-0.39, 0.29) is 6.03 Å². The average Bonchev–Trinajstić information content (AvgIpc) is 2.81. The Morgan fingerprint density at radius 1 is 0.848 bits per heavy atom. The van der Waals surface area contributed by atoms with E-state index in [1.54, 1.807) is 0 Å². The first-order valence-electron chi connectivity index (χ1n) is 11.3. The van der Waals surface area contributed by atoms with Gasteiger partial charge in [-0.2, -0.15) is 0 Å². The Morgan fingerprint density at radius 2 is 1.55 bits per heavy atom. The molecule has 3 aromatic carbocycles. The fourth-order valence-corrected chi connectivity index (χ4v) is 4.20. The molecule has 0 saturated heterocycles. The number of aryl methyl sites for hydroxylation is 1. The molecule has 6 heteroatoms. The van der Waals surface area contributed by atoms with Gasteiger partial charge in [-0.05, 0) is 80.0 Å². The van der Waals surface area contributed by atoms with Gasteiger partial charge in [0.25, 0.3) is 0 Å². The number of urea groups is 1. The Bertz CT molecular complexity index is 1010. The third-order valence-corrected chi connectivity index (χ3v) is 6.36. The first-order valence-corrected chi connectivity index (χ1v) is 12.1. The molecule has 3 aromatic rings. The number of hydrogen-bond donors (Lipinski definition) is 3. The molecule has 3 rings (SSSR count). The Morgan fingerprint density at radius 3 is 2.27 bits per heavy atom. The molecule has 174 valence electrons. The molecule has 0 radical (unpaired) electrons. The molecule has 0 aromatic heterocycles. The van der Waals surface area contributed by atoms with Crippen molar-refractivity contribution in [3.8, 4) is 0 Å². The van der Waals surface area contributed by atoms with Crippen LogP contribution < -0.4 is 16.4 Å². The van der Waals surface area contributed by atoms with E-state index >= 15 is 0 Å². The minimum Gasteiger partial charge on any atom is -0.338 e. The predicted molar refractivity (Wildman–Crippen MR) is 139 cm³/mol. The van der Waals surface area contributed by atoms with Gasteiger partial charge in [0.15, 0.2) is 0 Å². The third-order valence-electron chi connectivity index (χ3n) is 5.74. The van der Waals surface area contributed by atoms with Crippen molar-refractivity contribution >= 4 is 34.9 Å². The number of amides is 2. The molecule has 0 aliphatic rings. The number of rotatable bonds is 11. The van der Waals surface area contributed by atoms with Crippen LogP contribution in [-0.4, -0.2) is 18.1 Å². The van der Waals surface area contributed by atoms with Crippen molar-refractivity contribution < 1.29 is 4.79 Å². The van der Waals surface area contributed by atoms with Gasteiger partial charge < -0.3 is 16.4 Å². The lowest BCUT2D eigenvalue weighted by Gasteiger charge is -2.30. The van der Waals surface area contributed by atoms with Gasteiger partial charge >= 0.3 is 6.03 Å². The quantitative estimate of drug-likeness (QED) is 0.260. The van der Waals surface area contributed by atoms with Crippen LogP contribution >= 0.6 is 23.2 Å². The van der Waals surface area contributed by atoms with Crippen molar-refractivity contribution in [3.63, 3.8) is 0 Å². The molecule has 2 amide bonds. The summed E-state index contributed by atoms with van der Waals surface area (Å²) in [5, 5.41) is 7.23. The molecule has 0 aliphatic carbocycles. The second-order valence-corrected chi connectivity index (χ2v) is 9.30. The Kier molecular flexibility index (Phi) is 9.61.